The van der Waals surface area contributed by atoms with Crippen LogP contribution in [0.5, 0.6) is 0 Å². The zero-order valence-electron chi connectivity index (χ0n) is 23.0. The highest BCUT2D eigenvalue weighted by Crippen LogP contribution is 1.96. The summed E-state index contributed by atoms with van der Waals surface area (Å²) in [6.45, 7) is 0.776. The van der Waals surface area contributed by atoms with Crippen molar-refractivity contribution in [1.29, 1.82) is 0 Å². The number of hydrogen-bond acceptors (Lipinski definition) is 11. The molecule has 0 aliphatic heterocycles. The number of nitrogens with zero attached hydrogens (tertiary/aromatic N) is 1. The number of hydrogen-bond donors (Lipinski definition) is 6. The maximum Gasteiger partial charge on any atom is 0.325 e. The van der Waals surface area contributed by atoms with E-state index in [4.69, 9.17) is 9.47 Å². The molecule has 0 spiro atoms. The Bertz CT molecular complexity index is 843. The lowest BCUT2D eigenvalue weighted by Gasteiger charge is -2.21. The second-order valence-corrected chi connectivity index (χ2v) is 8.19. The number of carbonyl (C=O) groups is 8. The molecule has 17 nitrogen and oxygen atoms in total. The van der Waals surface area contributed by atoms with Crippen molar-refractivity contribution in [3.05, 3.63) is 0 Å². The Balaban J connectivity index is 4.59. The molecular formula is C23H39N7O10. The van der Waals surface area contributed by atoms with E-state index in [0.29, 0.717) is 0 Å². The average Bonchev–Trinajstić information content (AvgIpc) is 2.89. The molecule has 6 amide bonds. The Morgan fingerprint density at radius 1 is 0.600 bits per heavy atom. The first-order chi connectivity index (χ1) is 18.9. The summed E-state index contributed by atoms with van der Waals surface area (Å²) in [5, 5.41) is 14.7. The number of nitrogens with one attached hydrogen (secondary N) is 6. The third-order valence-electron chi connectivity index (χ3n) is 4.64. The van der Waals surface area contributed by atoms with E-state index in [1.54, 1.807) is 0 Å². The molecule has 0 aromatic rings. The van der Waals surface area contributed by atoms with Crippen LogP contribution in [0.4, 0.5) is 0 Å². The van der Waals surface area contributed by atoms with Crippen molar-refractivity contribution in [2.75, 3.05) is 72.6 Å². The molecule has 0 saturated heterocycles. The van der Waals surface area contributed by atoms with Crippen LogP contribution in [0.25, 0.3) is 0 Å². The van der Waals surface area contributed by atoms with Crippen molar-refractivity contribution in [3.8, 4) is 0 Å². The van der Waals surface area contributed by atoms with Crippen molar-refractivity contribution >= 4 is 47.4 Å². The van der Waals surface area contributed by atoms with Crippen molar-refractivity contribution in [1.82, 2.24) is 36.8 Å². The van der Waals surface area contributed by atoms with Crippen molar-refractivity contribution in [2.24, 2.45) is 0 Å². The first-order valence-electron chi connectivity index (χ1n) is 12.5. The van der Waals surface area contributed by atoms with Crippen LogP contribution in [-0.4, -0.2) is 125 Å². The molecule has 0 aliphatic carbocycles. The van der Waals surface area contributed by atoms with Gasteiger partial charge in [-0.05, 0) is 12.8 Å². The van der Waals surface area contributed by atoms with E-state index in [0.717, 1.165) is 4.90 Å². The van der Waals surface area contributed by atoms with Gasteiger partial charge in [-0.1, -0.05) is 0 Å². The van der Waals surface area contributed by atoms with Gasteiger partial charge in [-0.3, -0.25) is 43.7 Å². The van der Waals surface area contributed by atoms with Gasteiger partial charge < -0.3 is 41.0 Å². The lowest BCUT2D eigenvalue weighted by molar-refractivity contribution is -0.154. The largest absolute Gasteiger partial charge is 0.464 e. The van der Waals surface area contributed by atoms with Gasteiger partial charge in [0.1, 0.15) is 13.1 Å². The Hall–Kier alpha value is -4.28. The van der Waals surface area contributed by atoms with Crippen LogP contribution in [-0.2, 0) is 47.8 Å². The van der Waals surface area contributed by atoms with E-state index in [1.165, 1.54) is 20.9 Å². The van der Waals surface area contributed by atoms with Gasteiger partial charge in [0.05, 0.1) is 39.4 Å². The highest BCUT2D eigenvalue weighted by molar-refractivity contribution is 5.88. The molecule has 0 saturated carbocycles. The number of esters is 2. The molecule has 0 atom stereocenters. The summed E-state index contributed by atoms with van der Waals surface area (Å²) in [4.78, 5) is 93.9. The molecule has 6 N–H and O–H groups in total. The number of rotatable bonds is 20. The molecule has 17 heteroatoms. The molecular weight excluding hydrogens is 534 g/mol. The SMILES string of the molecule is CNC(=O)CNCC(=O)N(CC(=O)OCCCNC(=O)CNC(C)=O)CC(=O)OCCCNC(=O)CNC(C)=O. The van der Waals surface area contributed by atoms with E-state index in [-0.39, 0.29) is 83.0 Å². The summed E-state index contributed by atoms with van der Waals surface area (Å²) < 4.78 is 10.1. The summed E-state index contributed by atoms with van der Waals surface area (Å²) >= 11 is 0. The summed E-state index contributed by atoms with van der Waals surface area (Å²) in [7, 11) is 1.42. The topological polar surface area (TPSA) is 230 Å². The van der Waals surface area contributed by atoms with E-state index < -0.39 is 42.7 Å². The minimum Gasteiger partial charge on any atom is -0.464 e. The average molecular weight is 574 g/mol. The maximum atomic E-state index is 12.6. The third-order valence-corrected chi connectivity index (χ3v) is 4.64. The van der Waals surface area contributed by atoms with Crippen LogP contribution in [0.15, 0.2) is 0 Å². The van der Waals surface area contributed by atoms with E-state index in [2.05, 4.69) is 31.9 Å². The monoisotopic (exact) mass is 573 g/mol. The van der Waals surface area contributed by atoms with E-state index >= 15 is 0 Å². The van der Waals surface area contributed by atoms with Crippen LogP contribution in [0.2, 0.25) is 0 Å². The van der Waals surface area contributed by atoms with E-state index in [9.17, 15) is 38.4 Å². The zero-order chi connectivity index (χ0) is 30.3. The zero-order valence-corrected chi connectivity index (χ0v) is 23.0. The third kappa shape index (κ3) is 20.7. The fraction of sp³-hybridized carbons (Fsp3) is 0.652. The molecule has 0 fully saturated rings. The highest BCUT2D eigenvalue weighted by atomic mass is 16.5. The van der Waals surface area contributed by atoms with Crippen molar-refractivity contribution in [3.63, 3.8) is 0 Å². The molecule has 0 rings (SSSR count). The fourth-order valence-corrected chi connectivity index (χ4v) is 2.62. The van der Waals surface area contributed by atoms with Crippen molar-refractivity contribution in [2.45, 2.75) is 26.7 Å². The number of ether oxygens (including phenoxy) is 2. The highest BCUT2D eigenvalue weighted by Gasteiger charge is 2.22. The van der Waals surface area contributed by atoms with E-state index in [1.807, 2.05) is 0 Å². The van der Waals surface area contributed by atoms with Crippen LogP contribution < -0.4 is 31.9 Å². The molecule has 0 aromatic heterocycles. The number of carbonyl (C=O) groups excluding carboxylic acids is 8. The molecule has 40 heavy (non-hydrogen) atoms. The van der Waals surface area contributed by atoms with Crippen molar-refractivity contribution < 1.29 is 47.8 Å². The van der Waals surface area contributed by atoms with Crippen LogP contribution >= 0.6 is 0 Å². The molecule has 0 aromatic carbocycles. The quantitative estimate of drug-likeness (QED) is 0.0600. The molecule has 0 unspecified atom stereocenters. The Morgan fingerprint density at radius 3 is 1.45 bits per heavy atom. The Kier molecular flexibility index (Phi) is 19.3. The molecule has 0 bridgehead atoms. The number of likely N-dealkylation sites (N-methyl/N-ethyl adjacent to an activating group) is 1. The predicted molar refractivity (Wildman–Crippen MR) is 138 cm³/mol. The molecule has 0 heterocycles. The fourth-order valence-electron chi connectivity index (χ4n) is 2.62. The summed E-state index contributed by atoms with van der Waals surface area (Å²) in [6.07, 6.45) is 0.533. The Labute approximate surface area is 231 Å². The first-order valence-corrected chi connectivity index (χ1v) is 12.5. The summed E-state index contributed by atoms with van der Waals surface area (Å²) in [6, 6.07) is 0. The lowest BCUT2D eigenvalue weighted by atomic mass is 10.4. The summed E-state index contributed by atoms with van der Waals surface area (Å²) in [5.41, 5.74) is 0. The minimum atomic E-state index is -0.807. The molecule has 226 valence electrons. The van der Waals surface area contributed by atoms with Crippen LogP contribution in [0.3, 0.4) is 0 Å². The number of amides is 6. The van der Waals surface area contributed by atoms with Gasteiger partial charge in [-0.2, -0.15) is 0 Å². The van der Waals surface area contributed by atoms with Gasteiger partial charge in [0, 0.05) is 34.0 Å². The van der Waals surface area contributed by atoms with Crippen LogP contribution in [0.1, 0.15) is 26.7 Å². The van der Waals surface area contributed by atoms with Gasteiger partial charge in [0.15, 0.2) is 0 Å². The van der Waals surface area contributed by atoms with Gasteiger partial charge in [0.2, 0.25) is 35.4 Å². The molecule has 0 aliphatic rings. The standard InChI is InChI=1S/C23H39N7O10/c1-16(31)28-11-19(34)26-6-4-8-39-22(37)14-30(21(36)13-25-10-18(33)24-3)15-23(38)40-9-5-7-27-20(35)12-29-17(2)32/h25H,4-15H2,1-3H3,(H,24,33)(H,26,34)(H,27,35)(H,28,31)(H,29,32). The van der Waals surface area contributed by atoms with Gasteiger partial charge >= 0.3 is 11.9 Å². The first kappa shape index (κ1) is 35.7. The molecule has 0 radical (unpaired) electrons. The normalized spacial score (nSPS) is 9.97. The predicted octanol–water partition coefficient (Wildman–Crippen LogP) is -4.48. The lowest BCUT2D eigenvalue weighted by Crippen LogP contribution is -2.46. The second-order valence-electron chi connectivity index (χ2n) is 8.19. The van der Waals surface area contributed by atoms with Gasteiger partial charge in [-0.15, -0.1) is 0 Å². The Morgan fingerprint density at radius 2 is 1.05 bits per heavy atom. The van der Waals surface area contributed by atoms with Gasteiger partial charge in [0.25, 0.3) is 0 Å². The minimum absolute atomic E-state index is 0.0751. The maximum absolute atomic E-state index is 12.6. The second kappa shape index (κ2) is 21.6. The summed E-state index contributed by atoms with van der Waals surface area (Å²) in [5.74, 6) is -4.15. The smallest absolute Gasteiger partial charge is 0.325 e. The van der Waals surface area contributed by atoms with Gasteiger partial charge in [-0.25, -0.2) is 0 Å². The van der Waals surface area contributed by atoms with Crippen LogP contribution in [0, 0.1) is 0 Å².